The molecule has 0 aromatic rings. The van der Waals surface area contributed by atoms with Gasteiger partial charge in [0.05, 0.1) is 18.5 Å². The molecule has 1 saturated heterocycles. The molecular weight excluding hydrogens is 168 g/mol. The van der Waals surface area contributed by atoms with Crippen LogP contribution < -0.4 is 5.73 Å². The number of nitrogens with two attached hydrogens (primary N) is 1. The minimum absolute atomic E-state index is 0.0304. The zero-order valence-corrected chi connectivity index (χ0v) is 8.08. The lowest BCUT2D eigenvalue weighted by molar-refractivity contribution is -0.0361. The number of hydrogen-bond donors (Lipinski definition) is 2. The lowest BCUT2D eigenvalue weighted by Gasteiger charge is -2.23. The van der Waals surface area contributed by atoms with Gasteiger partial charge in [0, 0.05) is 19.1 Å². The van der Waals surface area contributed by atoms with E-state index in [0.29, 0.717) is 12.7 Å². The van der Waals surface area contributed by atoms with Gasteiger partial charge in [-0.05, 0) is 12.8 Å². The summed E-state index contributed by atoms with van der Waals surface area (Å²) in [5.41, 5.74) is 5.33. The first-order valence-corrected chi connectivity index (χ1v) is 4.73. The van der Waals surface area contributed by atoms with E-state index >= 15 is 0 Å². The molecule has 3 N–H and O–H groups in total. The maximum absolute atomic E-state index is 7.19. The summed E-state index contributed by atoms with van der Waals surface area (Å²) in [5, 5.41) is 7.19. The second kappa shape index (κ2) is 5.19. The topological polar surface area (TPSA) is 68.3 Å². The molecule has 0 amide bonds. The minimum atomic E-state index is 0.0304. The molecule has 0 radical (unpaired) electrons. The van der Waals surface area contributed by atoms with Crippen LogP contribution in [0.1, 0.15) is 19.8 Å². The van der Waals surface area contributed by atoms with E-state index in [4.69, 9.17) is 20.6 Å². The van der Waals surface area contributed by atoms with Gasteiger partial charge >= 0.3 is 0 Å². The number of nitrogens with one attached hydrogen (secondary N) is 1. The summed E-state index contributed by atoms with van der Waals surface area (Å²) in [7, 11) is 0. The van der Waals surface area contributed by atoms with Gasteiger partial charge in [0.25, 0.3) is 0 Å². The van der Waals surface area contributed by atoms with Crippen LogP contribution in [0.3, 0.4) is 0 Å². The number of ether oxygens (including phenoxy) is 2. The molecule has 4 nitrogen and oxygen atoms in total. The van der Waals surface area contributed by atoms with Crippen LogP contribution in [-0.4, -0.2) is 31.8 Å². The van der Waals surface area contributed by atoms with E-state index in [2.05, 4.69) is 0 Å². The van der Waals surface area contributed by atoms with Crippen molar-refractivity contribution in [3.8, 4) is 0 Å². The highest BCUT2D eigenvalue weighted by Crippen LogP contribution is 2.11. The summed E-state index contributed by atoms with van der Waals surface area (Å²) >= 11 is 0. The Balaban J connectivity index is 2.13. The second-order valence-corrected chi connectivity index (χ2v) is 3.50. The zero-order chi connectivity index (χ0) is 9.68. The Hall–Kier alpha value is -0.610. The van der Waals surface area contributed by atoms with Crippen LogP contribution >= 0.6 is 0 Å². The van der Waals surface area contributed by atoms with Crippen molar-refractivity contribution in [3.63, 3.8) is 0 Å². The second-order valence-electron chi connectivity index (χ2n) is 3.50. The predicted molar refractivity (Wildman–Crippen MR) is 50.9 cm³/mol. The Kier molecular flexibility index (Phi) is 4.18. The monoisotopic (exact) mass is 186 g/mol. The summed E-state index contributed by atoms with van der Waals surface area (Å²) in [4.78, 5) is 0. The number of rotatable bonds is 4. The minimum Gasteiger partial charge on any atom is -0.387 e. The Bertz CT molecular complexity index is 167. The fourth-order valence-electron chi connectivity index (χ4n) is 1.21. The van der Waals surface area contributed by atoms with Crippen molar-refractivity contribution in [2.45, 2.75) is 25.9 Å². The number of hydrogen-bond acceptors (Lipinski definition) is 3. The Labute approximate surface area is 78.9 Å². The molecule has 0 bridgehead atoms. The van der Waals surface area contributed by atoms with E-state index in [1.54, 1.807) is 0 Å². The third kappa shape index (κ3) is 3.74. The summed E-state index contributed by atoms with van der Waals surface area (Å²) < 4.78 is 10.8. The van der Waals surface area contributed by atoms with Gasteiger partial charge in [-0.2, -0.15) is 0 Å². The molecule has 1 fully saturated rings. The van der Waals surface area contributed by atoms with Crippen LogP contribution in [0.4, 0.5) is 0 Å². The Morgan fingerprint density at radius 3 is 2.77 bits per heavy atom. The molecule has 0 aromatic carbocycles. The molecule has 0 spiro atoms. The molecule has 0 aliphatic carbocycles. The van der Waals surface area contributed by atoms with Crippen LogP contribution in [0.25, 0.3) is 0 Å². The quantitative estimate of drug-likeness (QED) is 0.503. The van der Waals surface area contributed by atoms with Gasteiger partial charge in [-0.1, -0.05) is 6.92 Å². The van der Waals surface area contributed by atoms with Crippen molar-refractivity contribution in [2.24, 2.45) is 11.7 Å². The maximum Gasteiger partial charge on any atom is 0.0957 e. The lowest BCUT2D eigenvalue weighted by atomic mass is 10.1. The summed E-state index contributed by atoms with van der Waals surface area (Å²) in [6, 6.07) is 0. The Morgan fingerprint density at radius 2 is 2.23 bits per heavy atom. The standard InChI is InChI=1S/C9H18N2O2/c1-7(9(10)11)6-13-8-2-4-12-5-3-8/h7-8H,2-6H2,1H3,(H3,10,11). The Morgan fingerprint density at radius 1 is 1.62 bits per heavy atom. The van der Waals surface area contributed by atoms with Gasteiger partial charge in [-0.15, -0.1) is 0 Å². The molecule has 0 saturated carbocycles. The van der Waals surface area contributed by atoms with E-state index in [-0.39, 0.29) is 11.8 Å². The van der Waals surface area contributed by atoms with Crippen molar-refractivity contribution < 1.29 is 9.47 Å². The fourth-order valence-corrected chi connectivity index (χ4v) is 1.21. The third-order valence-electron chi connectivity index (χ3n) is 2.28. The maximum atomic E-state index is 7.19. The summed E-state index contributed by atoms with van der Waals surface area (Å²) in [6.45, 7) is 4.04. The van der Waals surface area contributed by atoms with Crippen molar-refractivity contribution in [3.05, 3.63) is 0 Å². The molecule has 4 heteroatoms. The highest BCUT2D eigenvalue weighted by Gasteiger charge is 2.15. The van der Waals surface area contributed by atoms with E-state index in [9.17, 15) is 0 Å². The highest BCUT2D eigenvalue weighted by molar-refractivity contribution is 5.79. The van der Waals surface area contributed by atoms with Crippen molar-refractivity contribution in [1.29, 1.82) is 5.41 Å². The predicted octanol–water partition coefficient (Wildman–Crippen LogP) is 0.754. The summed E-state index contributed by atoms with van der Waals surface area (Å²) in [6.07, 6.45) is 2.23. The average Bonchev–Trinajstić information content (AvgIpc) is 2.15. The van der Waals surface area contributed by atoms with Crippen LogP contribution in [-0.2, 0) is 9.47 Å². The lowest BCUT2D eigenvalue weighted by Crippen LogP contribution is -2.29. The average molecular weight is 186 g/mol. The zero-order valence-electron chi connectivity index (χ0n) is 8.08. The van der Waals surface area contributed by atoms with Gasteiger partial charge < -0.3 is 15.2 Å². The molecule has 1 aliphatic heterocycles. The normalized spacial score (nSPS) is 21.3. The summed E-state index contributed by atoms with van der Waals surface area (Å²) in [5.74, 6) is 0.231. The fraction of sp³-hybridized carbons (Fsp3) is 0.889. The third-order valence-corrected chi connectivity index (χ3v) is 2.28. The molecule has 0 aromatic heterocycles. The van der Waals surface area contributed by atoms with Crippen LogP contribution in [0.15, 0.2) is 0 Å². The van der Waals surface area contributed by atoms with Crippen molar-refractivity contribution >= 4 is 5.84 Å². The molecule has 1 heterocycles. The van der Waals surface area contributed by atoms with Gasteiger partial charge in [0.2, 0.25) is 0 Å². The van der Waals surface area contributed by atoms with Gasteiger partial charge in [-0.25, -0.2) is 0 Å². The molecular formula is C9H18N2O2. The largest absolute Gasteiger partial charge is 0.387 e. The van der Waals surface area contributed by atoms with Crippen molar-refractivity contribution in [1.82, 2.24) is 0 Å². The highest BCUT2D eigenvalue weighted by atomic mass is 16.5. The van der Waals surface area contributed by atoms with Gasteiger partial charge in [0.1, 0.15) is 0 Å². The number of amidine groups is 1. The molecule has 1 rings (SSSR count). The molecule has 1 unspecified atom stereocenters. The van der Waals surface area contributed by atoms with Crippen LogP contribution in [0, 0.1) is 11.3 Å². The van der Waals surface area contributed by atoms with E-state index < -0.39 is 0 Å². The molecule has 1 atom stereocenters. The first kappa shape index (κ1) is 10.5. The van der Waals surface area contributed by atoms with Gasteiger partial charge in [0.15, 0.2) is 0 Å². The van der Waals surface area contributed by atoms with E-state index in [1.807, 2.05) is 6.92 Å². The smallest absolute Gasteiger partial charge is 0.0957 e. The molecule has 13 heavy (non-hydrogen) atoms. The molecule has 76 valence electrons. The SMILES string of the molecule is CC(COC1CCOCC1)C(=N)N. The molecule has 1 aliphatic rings. The first-order valence-electron chi connectivity index (χ1n) is 4.73. The van der Waals surface area contributed by atoms with E-state index in [1.165, 1.54) is 0 Å². The van der Waals surface area contributed by atoms with Gasteiger partial charge in [-0.3, -0.25) is 5.41 Å². The van der Waals surface area contributed by atoms with E-state index in [0.717, 1.165) is 26.1 Å². The van der Waals surface area contributed by atoms with Crippen molar-refractivity contribution in [2.75, 3.05) is 19.8 Å². The first-order chi connectivity index (χ1) is 6.20. The van der Waals surface area contributed by atoms with Crippen LogP contribution in [0.2, 0.25) is 0 Å². The van der Waals surface area contributed by atoms with Crippen LogP contribution in [0.5, 0.6) is 0 Å².